The molecule has 5 nitrogen and oxygen atoms in total. The van der Waals surface area contributed by atoms with Crippen LogP contribution in [-0.4, -0.2) is 43.6 Å². The molecule has 20 heavy (non-hydrogen) atoms. The third-order valence-electron chi connectivity index (χ3n) is 3.37. The van der Waals surface area contributed by atoms with E-state index in [1.807, 2.05) is 6.92 Å². The summed E-state index contributed by atoms with van der Waals surface area (Å²) in [4.78, 5) is 0.214. The standard InChI is InChI=1S/C14H21NO4S/c1-2-10-19-13-4-3-9-15(11-13)20(17,18)14-7-5-12(16)6-8-14/h5-8,13,16H,2-4,9-11H2,1H3. The van der Waals surface area contributed by atoms with E-state index in [4.69, 9.17) is 4.74 Å². The first-order valence-electron chi connectivity index (χ1n) is 6.95. The third-order valence-corrected chi connectivity index (χ3v) is 5.25. The van der Waals surface area contributed by atoms with E-state index in [-0.39, 0.29) is 16.7 Å². The number of aromatic hydroxyl groups is 1. The summed E-state index contributed by atoms with van der Waals surface area (Å²) in [7, 11) is -3.49. The number of piperidine rings is 1. The maximum Gasteiger partial charge on any atom is 0.243 e. The lowest BCUT2D eigenvalue weighted by Crippen LogP contribution is -2.43. The third kappa shape index (κ3) is 3.50. The average Bonchev–Trinajstić information content (AvgIpc) is 2.46. The summed E-state index contributed by atoms with van der Waals surface area (Å²) in [6.07, 6.45) is 2.63. The van der Waals surface area contributed by atoms with Crippen molar-refractivity contribution < 1.29 is 18.3 Å². The molecule has 112 valence electrons. The van der Waals surface area contributed by atoms with Gasteiger partial charge in [-0.2, -0.15) is 4.31 Å². The number of phenols is 1. The van der Waals surface area contributed by atoms with Gasteiger partial charge in [0.15, 0.2) is 0 Å². The largest absolute Gasteiger partial charge is 0.508 e. The number of phenolic OH excluding ortho intramolecular Hbond substituents is 1. The van der Waals surface area contributed by atoms with Crippen LogP contribution in [-0.2, 0) is 14.8 Å². The zero-order chi connectivity index (χ0) is 14.6. The van der Waals surface area contributed by atoms with Gasteiger partial charge in [0, 0.05) is 19.7 Å². The minimum Gasteiger partial charge on any atom is -0.508 e. The lowest BCUT2D eigenvalue weighted by Gasteiger charge is -2.31. The minimum atomic E-state index is -3.49. The predicted molar refractivity (Wildman–Crippen MR) is 76.1 cm³/mol. The fraction of sp³-hybridized carbons (Fsp3) is 0.571. The topological polar surface area (TPSA) is 66.8 Å². The molecule has 1 saturated heterocycles. The van der Waals surface area contributed by atoms with Gasteiger partial charge in [-0.15, -0.1) is 0 Å². The van der Waals surface area contributed by atoms with Crippen molar-refractivity contribution in [3.63, 3.8) is 0 Å². The van der Waals surface area contributed by atoms with Crippen LogP contribution in [0.5, 0.6) is 5.75 Å². The lowest BCUT2D eigenvalue weighted by atomic mass is 10.1. The zero-order valence-electron chi connectivity index (χ0n) is 11.7. The van der Waals surface area contributed by atoms with Gasteiger partial charge in [-0.3, -0.25) is 0 Å². The van der Waals surface area contributed by atoms with Gasteiger partial charge in [0.1, 0.15) is 5.75 Å². The molecule has 1 unspecified atom stereocenters. The van der Waals surface area contributed by atoms with E-state index >= 15 is 0 Å². The van der Waals surface area contributed by atoms with Gasteiger partial charge in [-0.25, -0.2) is 8.42 Å². The number of rotatable bonds is 5. The van der Waals surface area contributed by atoms with Crippen LogP contribution >= 0.6 is 0 Å². The molecule has 0 aromatic heterocycles. The molecule has 0 amide bonds. The van der Waals surface area contributed by atoms with Crippen LogP contribution in [0, 0.1) is 0 Å². The monoisotopic (exact) mass is 299 g/mol. The second kappa shape index (κ2) is 6.56. The maximum atomic E-state index is 12.5. The second-order valence-electron chi connectivity index (χ2n) is 4.99. The van der Waals surface area contributed by atoms with Crippen molar-refractivity contribution in [2.24, 2.45) is 0 Å². The summed E-state index contributed by atoms with van der Waals surface area (Å²) in [6.45, 7) is 3.63. The van der Waals surface area contributed by atoms with Gasteiger partial charge in [0.25, 0.3) is 0 Å². The summed E-state index contributed by atoms with van der Waals surface area (Å²) in [5.41, 5.74) is 0. The molecule has 1 N–H and O–H groups in total. The van der Waals surface area contributed by atoms with E-state index in [1.54, 1.807) is 0 Å². The van der Waals surface area contributed by atoms with Crippen molar-refractivity contribution in [3.8, 4) is 5.75 Å². The number of benzene rings is 1. The van der Waals surface area contributed by atoms with Crippen molar-refractivity contribution in [1.29, 1.82) is 0 Å². The smallest absolute Gasteiger partial charge is 0.243 e. The predicted octanol–water partition coefficient (Wildman–Crippen LogP) is 1.97. The Labute approximate surface area is 120 Å². The van der Waals surface area contributed by atoms with E-state index in [0.29, 0.717) is 19.7 Å². The average molecular weight is 299 g/mol. The van der Waals surface area contributed by atoms with Crippen molar-refractivity contribution in [3.05, 3.63) is 24.3 Å². The number of ether oxygens (including phenoxy) is 1. The molecule has 6 heteroatoms. The number of hydrogen-bond acceptors (Lipinski definition) is 4. The van der Waals surface area contributed by atoms with Crippen LogP contribution in [0.2, 0.25) is 0 Å². The molecule has 2 rings (SSSR count). The molecular formula is C14H21NO4S. The summed E-state index contributed by atoms with van der Waals surface area (Å²) >= 11 is 0. The normalized spacial score (nSPS) is 20.9. The molecule has 0 saturated carbocycles. The van der Waals surface area contributed by atoms with E-state index in [2.05, 4.69) is 0 Å². The Morgan fingerprint density at radius 1 is 1.35 bits per heavy atom. The Morgan fingerprint density at radius 3 is 2.70 bits per heavy atom. The molecule has 1 aliphatic rings. The van der Waals surface area contributed by atoms with Gasteiger partial charge >= 0.3 is 0 Å². The lowest BCUT2D eigenvalue weighted by molar-refractivity contribution is 0.0193. The highest BCUT2D eigenvalue weighted by Crippen LogP contribution is 2.23. The van der Waals surface area contributed by atoms with Crippen LogP contribution in [0.4, 0.5) is 0 Å². The Morgan fingerprint density at radius 2 is 2.05 bits per heavy atom. The molecule has 0 bridgehead atoms. The first-order chi connectivity index (χ1) is 9.54. The molecule has 1 aromatic carbocycles. The minimum absolute atomic E-state index is 0.0180. The van der Waals surface area contributed by atoms with E-state index < -0.39 is 10.0 Å². The summed E-state index contributed by atoms with van der Waals surface area (Å²) < 4.78 is 32.2. The van der Waals surface area contributed by atoms with Crippen LogP contribution in [0.1, 0.15) is 26.2 Å². The summed E-state index contributed by atoms with van der Waals surface area (Å²) in [5.74, 6) is 0.0618. The van der Waals surface area contributed by atoms with Gasteiger partial charge in [-0.1, -0.05) is 6.92 Å². The molecule has 1 aromatic rings. The Hall–Kier alpha value is -1.11. The number of nitrogens with zero attached hydrogens (tertiary/aromatic N) is 1. The van der Waals surface area contributed by atoms with Gasteiger partial charge < -0.3 is 9.84 Å². The molecular weight excluding hydrogens is 278 g/mol. The van der Waals surface area contributed by atoms with Crippen LogP contribution in [0.25, 0.3) is 0 Å². The molecule has 0 radical (unpaired) electrons. The summed E-state index contributed by atoms with van der Waals surface area (Å²) in [5, 5.41) is 9.24. The van der Waals surface area contributed by atoms with Crippen molar-refractivity contribution in [2.75, 3.05) is 19.7 Å². The van der Waals surface area contributed by atoms with Gasteiger partial charge in [-0.05, 0) is 43.5 Å². The molecule has 1 heterocycles. The highest BCUT2D eigenvalue weighted by Gasteiger charge is 2.30. The first kappa shape index (κ1) is 15.3. The van der Waals surface area contributed by atoms with E-state index in [0.717, 1.165) is 19.3 Å². The Balaban J connectivity index is 2.10. The van der Waals surface area contributed by atoms with Crippen molar-refractivity contribution >= 4 is 10.0 Å². The fourth-order valence-electron chi connectivity index (χ4n) is 2.31. The molecule has 1 atom stereocenters. The number of hydrogen-bond donors (Lipinski definition) is 1. The SMILES string of the molecule is CCCOC1CCCN(S(=O)(=O)c2ccc(O)cc2)C1. The van der Waals surface area contributed by atoms with Gasteiger partial charge in [0.05, 0.1) is 11.0 Å². The summed E-state index contributed by atoms with van der Waals surface area (Å²) in [6, 6.07) is 5.64. The van der Waals surface area contributed by atoms with E-state index in [9.17, 15) is 13.5 Å². The van der Waals surface area contributed by atoms with Crippen molar-refractivity contribution in [1.82, 2.24) is 4.31 Å². The Kier molecular flexibility index (Phi) is 5.01. The fourth-order valence-corrected chi connectivity index (χ4v) is 3.82. The van der Waals surface area contributed by atoms with Crippen LogP contribution < -0.4 is 0 Å². The quantitative estimate of drug-likeness (QED) is 0.902. The van der Waals surface area contributed by atoms with Crippen molar-refractivity contribution in [2.45, 2.75) is 37.2 Å². The highest BCUT2D eigenvalue weighted by atomic mass is 32.2. The zero-order valence-corrected chi connectivity index (χ0v) is 12.5. The Bertz CT molecular complexity index is 527. The highest BCUT2D eigenvalue weighted by molar-refractivity contribution is 7.89. The first-order valence-corrected chi connectivity index (χ1v) is 8.39. The maximum absolute atomic E-state index is 12.5. The van der Waals surface area contributed by atoms with Crippen LogP contribution in [0.15, 0.2) is 29.2 Å². The number of sulfonamides is 1. The molecule has 1 fully saturated rings. The molecule has 0 aliphatic carbocycles. The van der Waals surface area contributed by atoms with Gasteiger partial charge in [0.2, 0.25) is 10.0 Å². The van der Waals surface area contributed by atoms with Crippen LogP contribution in [0.3, 0.4) is 0 Å². The molecule has 1 aliphatic heterocycles. The second-order valence-corrected chi connectivity index (χ2v) is 6.93. The molecule has 0 spiro atoms. The van der Waals surface area contributed by atoms with E-state index in [1.165, 1.54) is 28.6 Å².